The maximum absolute atomic E-state index is 10.8. The van der Waals surface area contributed by atoms with Crippen molar-refractivity contribution < 1.29 is 14.9 Å². The summed E-state index contributed by atoms with van der Waals surface area (Å²) < 4.78 is 5.82. The number of phenols is 1. The number of aromatic hydroxyl groups is 1. The summed E-state index contributed by atoms with van der Waals surface area (Å²) in [6.45, 7) is 19.4. The molecule has 25 heavy (non-hydrogen) atoms. The highest BCUT2D eigenvalue weighted by Crippen LogP contribution is 2.41. The third kappa shape index (κ3) is 5.46. The van der Waals surface area contributed by atoms with Crippen molar-refractivity contribution in [3.8, 4) is 5.75 Å². The lowest BCUT2D eigenvalue weighted by Crippen LogP contribution is -2.24. The molecule has 0 spiro atoms. The van der Waals surface area contributed by atoms with Gasteiger partial charge in [0, 0.05) is 5.56 Å². The number of hydrogen-bond donors (Lipinski definition) is 2. The second kappa shape index (κ2) is 7.67. The van der Waals surface area contributed by atoms with Gasteiger partial charge in [-0.15, -0.1) is 0 Å². The van der Waals surface area contributed by atoms with Gasteiger partial charge in [0.15, 0.2) is 6.29 Å². The average Bonchev–Trinajstić information content (AvgIpc) is 2.50. The van der Waals surface area contributed by atoms with Gasteiger partial charge in [0.25, 0.3) is 0 Å². The molecule has 1 aromatic rings. The van der Waals surface area contributed by atoms with Crippen LogP contribution in [0.3, 0.4) is 0 Å². The first-order valence-electron chi connectivity index (χ1n) is 9.42. The van der Waals surface area contributed by atoms with Gasteiger partial charge in [0.2, 0.25) is 0 Å². The largest absolute Gasteiger partial charge is 0.507 e. The summed E-state index contributed by atoms with van der Waals surface area (Å²) in [5.74, 6) is 0.322. The van der Waals surface area contributed by atoms with Gasteiger partial charge in [-0.2, -0.15) is 0 Å². The lowest BCUT2D eigenvalue weighted by atomic mass is 9.78. The van der Waals surface area contributed by atoms with E-state index in [-0.39, 0.29) is 16.2 Å². The molecule has 3 nitrogen and oxygen atoms in total. The zero-order chi connectivity index (χ0) is 19.6. The number of aliphatic hydroxyl groups excluding tert-OH is 1. The highest BCUT2D eigenvalue weighted by Gasteiger charge is 2.29. The summed E-state index contributed by atoms with van der Waals surface area (Å²) in [5.41, 5.74) is 2.01. The van der Waals surface area contributed by atoms with Crippen molar-refractivity contribution in [1.82, 2.24) is 0 Å². The van der Waals surface area contributed by atoms with E-state index in [1.807, 2.05) is 12.1 Å². The van der Waals surface area contributed by atoms with Crippen LogP contribution in [0.4, 0.5) is 0 Å². The van der Waals surface area contributed by atoms with Crippen molar-refractivity contribution in [2.24, 2.45) is 5.41 Å². The summed E-state index contributed by atoms with van der Waals surface area (Å²) in [6.07, 6.45) is 1.03. The quantitative estimate of drug-likeness (QED) is 0.635. The Kier molecular flexibility index (Phi) is 6.75. The van der Waals surface area contributed by atoms with Crippen LogP contribution in [0, 0.1) is 5.41 Å². The van der Waals surface area contributed by atoms with E-state index >= 15 is 0 Å². The Morgan fingerprint density at radius 3 is 1.60 bits per heavy atom. The van der Waals surface area contributed by atoms with Crippen molar-refractivity contribution in [2.45, 2.75) is 92.3 Å². The van der Waals surface area contributed by atoms with Crippen LogP contribution >= 0.6 is 0 Å². The van der Waals surface area contributed by atoms with Crippen molar-refractivity contribution in [3.05, 3.63) is 28.8 Å². The maximum atomic E-state index is 10.8. The fourth-order valence-electron chi connectivity index (χ4n) is 2.77. The van der Waals surface area contributed by atoms with Gasteiger partial charge in [-0.05, 0) is 52.3 Å². The van der Waals surface area contributed by atoms with E-state index in [0.717, 1.165) is 24.0 Å². The van der Waals surface area contributed by atoms with Crippen LogP contribution < -0.4 is 0 Å². The van der Waals surface area contributed by atoms with E-state index in [1.165, 1.54) is 0 Å². The van der Waals surface area contributed by atoms with Crippen molar-refractivity contribution in [3.63, 3.8) is 0 Å². The zero-order valence-corrected chi connectivity index (χ0v) is 17.7. The molecular weight excluding hydrogens is 312 g/mol. The fourth-order valence-corrected chi connectivity index (χ4v) is 2.77. The Bertz CT molecular complexity index is 537. The van der Waals surface area contributed by atoms with E-state index in [2.05, 4.69) is 62.3 Å². The Morgan fingerprint density at radius 2 is 1.28 bits per heavy atom. The molecule has 1 atom stereocenters. The number of hydrogen-bond acceptors (Lipinski definition) is 3. The normalized spacial score (nSPS) is 14.6. The third-order valence-electron chi connectivity index (χ3n) is 5.33. The molecule has 0 saturated carbocycles. The van der Waals surface area contributed by atoms with E-state index in [9.17, 15) is 10.2 Å². The van der Waals surface area contributed by atoms with E-state index < -0.39 is 6.29 Å². The van der Waals surface area contributed by atoms with Gasteiger partial charge in [-0.1, -0.05) is 62.3 Å². The molecule has 0 amide bonds. The molecule has 1 rings (SSSR count). The van der Waals surface area contributed by atoms with Crippen molar-refractivity contribution in [1.29, 1.82) is 0 Å². The lowest BCUT2D eigenvalue weighted by Gasteiger charge is -2.30. The highest BCUT2D eigenvalue weighted by atomic mass is 16.6. The molecule has 144 valence electrons. The summed E-state index contributed by atoms with van der Waals surface area (Å²) in [4.78, 5) is 0. The topological polar surface area (TPSA) is 49.7 Å². The molecule has 1 aromatic carbocycles. The fraction of sp³-hybridized carbons (Fsp3) is 0.727. The first-order valence-corrected chi connectivity index (χ1v) is 9.42. The summed E-state index contributed by atoms with van der Waals surface area (Å²) in [5, 5.41) is 21.4. The summed E-state index contributed by atoms with van der Waals surface area (Å²) in [7, 11) is 0. The molecule has 0 fully saturated rings. The van der Waals surface area contributed by atoms with Crippen molar-refractivity contribution in [2.75, 3.05) is 6.61 Å². The average molecular weight is 351 g/mol. The molecule has 0 bridgehead atoms. The number of rotatable bonds is 6. The van der Waals surface area contributed by atoms with Gasteiger partial charge in [0.1, 0.15) is 5.75 Å². The lowest BCUT2D eigenvalue weighted by molar-refractivity contribution is -0.128. The number of aliphatic hydroxyl groups is 1. The third-order valence-corrected chi connectivity index (χ3v) is 5.33. The molecule has 0 aliphatic carbocycles. The minimum absolute atomic E-state index is 0.0671. The zero-order valence-electron chi connectivity index (χ0n) is 17.7. The Morgan fingerprint density at radius 1 is 0.880 bits per heavy atom. The molecule has 1 unspecified atom stereocenters. The van der Waals surface area contributed by atoms with Crippen molar-refractivity contribution >= 4 is 0 Å². The van der Waals surface area contributed by atoms with Crippen LogP contribution in [0.25, 0.3) is 0 Å². The predicted octanol–water partition coefficient (Wildman–Crippen LogP) is 5.82. The molecule has 0 saturated heterocycles. The molecule has 0 aliphatic rings. The van der Waals surface area contributed by atoms with Crippen LogP contribution in [0.1, 0.15) is 98.1 Å². The molecule has 3 heteroatoms. The molecule has 0 radical (unpaired) electrons. The van der Waals surface area contributed by atoms with E-state index in [1.54, 1.807) is 0 Å². The smallest absolute Gasteiger partial charge is 0.181 e. The number of phenolic OH excluding ortho intramolecular Hbond substituents is 1. The molecule has 0 aromatic heterocycles. The predicted molar refractivity (Wildman–Crippen MR) is 105 cm³/mol. The van der Waals surface area contributed by atoms with Gasteiger partial charge < -0.3 is 14.9 Å². The minimum atomic E-state index is -0.986. The number of benzene rings is 1. The van der Waals surface area contributed by atoms with Crippen LogP contribution in [0.15, 0.2) is 12.1 Å². The maximum Gasteiger partial charge on any atom is 0.181 e. The Balaban J connectivity index is 3.27. The Labute approximate surface area is 154 Å². The standard InChI is InChI=1S/C22H38O3/c1-10-22(9,11-2)14-25-19(24)15-12-16(20(3,4)5)18(23)17(13-15)21(6,7)8/h12-13,19,23-24H,10-11,14H2,1-9H3. The van der Waals surface area contributed by atoms with E-state index in [0.29, 0.717) is 17.9 Å². The van der Waals surface area contributed by atoms with E-state index in [4.69, 9.17) is 4.74 Å². The first kappa shape index (κ1) is 22.0. The summed E-state index contributed by atoms with van der Waals surface area (Å²) >= 11 is 0. The molecule has 0 heterocycles. The monoisotopic (exact) mass is 350 g/mol. The first-order chi connectivity index (χ1) is 11.2. The van der Waals surface area contributed by atoms with Gasteiger partial charge >= 0.3 is 0 Å². The molecular formula is C22H38O3. The van der Waals surface area contributed by atoms with Crippen LogP contribution in [-0.4, -0.2) is 16.8 Å². The molecule has 2 N–H and O–H groups in total. The highest BCUT2D eigenvalue weighted by molar-refractivity contribution is 5.50. The van der Waals surface area contributed by atoms with Crippen LogP contribution in [0.2, 0.25) is 0 Å². The van der Waals surface area contributed by atoms with Gasteiger partial charge in [-0.3, -0.25) is 0 Å². The second-order valence-corrected chi connectivity index (χ2v) is 9.65. The van der Waals surface area contributed by atoms with Crippen LogP contribution in [-0.2, 0) is 15.6 Å². The second-order valence-electron chi connectivity index (χ2n) is 9.65. The number of ether oxygens (including phenoxy) is 1. The van der Waals surface area contributed by atoms with Gasteiger partial charge in [-0.25, -0.2) is 0 Å². The van der Waals surface area contributed by atoms with Gasteiger partial charge in [0.05, 0.1) is 6.61 Å². The summed E-state index contributed by atoms with van der Waals surface area (Å²) in [6, 6.07) is 3.76. The van der Waals surface area contributed by atoms with Crippen LogP contribution in [0.5, 0.6) is 5.75 Å². The molecule has 0 aliphatic heterocycles. The Hall–Kier alpha value is -1.06. The SMILES string of the molecule is CCC(C)(CC)COC(O)c1cc(C(C)(C)C)c(O)c(C(C)(C)C)c1. The minimum Gasteiger partial charge on any atom is -0.507 e.